The Morgan fingerprint density at radius 2 is 2.07 bits per heavy atom. The summed E-state index contributed by atoms with van der Waals surface area (Å²) in [5.74, 6) is -2.58. The molecule has 30 heavy (non-hydrogen) atoms. The summed E-state index contributed by atoms with van der Waals surface area (Å²) in [4.78, 5) is 26.9. The van der Waals surface area contributed by atoms with E-state index in [1.165, 1.54) is 11.3 Å². The fourth-order valence-electron chi connectivity index (χ4n) is 3.68. The number of carboxylic acid groups (broad SMARTS) is 1. The van der Waals surface area contributed by atoms with Gasteiger partial charge in [-0.3, -0.25) is 9.69 Å². The van der Waals surface area contributed by atoms with E-state index in [9.17, 15) is 18.0 Å². The Morgan fingerprint density at radius 3 is 2.67 bits per heavy atom. The number of rotatable bonds is 4. The third-order valence-electron chi connectivity index (χ3n) is 5.05. The van der Waals surface area contributed by atoms with E-state index < -0.39 is 12.1 Å². The van der Waals surface area contributed by atoms with Crippen molar-refractivity contribution in [3.8, 4) is 0 Å². The van der Waals surface area contributed by atoms with Gasteiger partial charge in [0.2, 0.25) is 0 Å². The van der Waals surface area contributed by atoms with Crippen LogP contribution in [0.3, 0.4) is 0 Å². The van der Waals surface area contributed by atoms with Crippen LogP contribution in [0.1, 0.15) is 22.5 Å². The average molecular weight is 452 g/mol. The van der Waals surface area contributed by atoms with Gasteiger partial charge in [0.1, 0.15) is 0 Å². The van der Waals surface area contributed by atoms with E-state index >= 15 is 0 Å². The molecule has 7 nitrogen and oxygen atoms in total. The first kappa shape index (κ1) is 24.6. The number of hydrogen-bond acceptors (Lipinski definition) is 6. The molecule has 0 bridgehead atoms. The number of thiophene rings is 1. The van der Waals surface area contributed by atoms with Crippen LogP contribution in [-0.4, -0.2) is 92.6 Å². The van der Waals surface area contributed by atoms with Gasteiger partial charge < -0.3 is 19.5 Å². The second-order valence-corrected chi connectivity index (χ2v) is 8.38. The molecule has 2 saturated heterocycles. The van der Waals surface area contributed by atoms with Gasteiger partial charge in [0, 0.05) is 45.2 Å². The Morgan fingerprint density at radius 1 is 1.33 bits per heavy atom. The molecule has 1 amide bonds. The predicted octanol–water partition coefficient (Wildman–Crippen LogP) is 2.58. The molecule has 1 aromatic heterocycles. The Balaban J connectivity index is 0.000000396. The molecular weight excluding hydrogens is 425 g/mol. The summed E-state index contributed by atoms with van der Waals surface area (Å²) in [5.41, 5.74) is 0.0649. The molecule has 3 heterocycles. The molecule has 0 aromatic carbocycles. The number of hydrogen-bond donors (Lipinski definition) is 1. The number of alkyl halides is 3. The zero-order valence-electron chi connectivity index (χ0n) is 16.8. The van der Waals surface area contributed by atoms with Crippen LogP contribution >= 0.6 is 11.3 Å². The standard InChI is InChI=1S/C17H26N2O3S.C2HF3O2/c1-21-9-7-18-8-10-22-14-17(12-18)5-3-6-19(13-17)16(20)15-4-2-11-23-15;3-2(4,5)1(6)7/h2,4,11H,3,5-10,12-14H2,1H3;(H,6,7). The summed E-state index contributed by atoms with van der Waals surface area (Å²) in [7, 11) is 1.74. The maximum absolute atomic E-state index is 12.7. The molecule has 2 aliphatic heterocycles. The second kappa shape index (κ2) is 11.1. The van der Waals surface area contributed by atoms with Crippen molar-refractivity contribution in [3.05, 3.63) is 22.4 Å². The number of piperidine rings is 1. The van der Waals surface area contributed by atoms with Gasteiger partial charge in [-0.1, -0.05) is 6.07 Å². The van der Waals surface area contributed by atoms with Crippen LogP contribution in [0.5, 0.6) is 0 Å². The van der Waals surface area contributed by atoms with E-state index in [0.717, 1.165) is 70.3 Å². The van der Waals surface area contributed by atoms with Crippen LogP contribution in [0.4, 0.5) is 13.2 Å². The number of halogens is 3. The normalized spacial score (nSPS) is 22.9. The van der Waals surface area contributed by atoms with Crippen molar-refractivity contribution in [2.45, 2.75) is 19.0 Å². The fourth-order valence-corrected chi connectivity index (χ4v) is 4.37. The number of methoxy groups -OCH3 is 1. The van der Waals surface area contributed by atoms with Gasteiger partial charge in [-0.25, -0.2) is 4.79 Å². The quantitative estimate of drug-likeness (QED) is 0.757. The molecule has 0 radical (unpaired) electrons. The number of amides is 1. The van der Waals surface area contributed by atoms with Gasteiger partial charge in [0.25, 0.3) is 5.91 Å². The lowest BCUT2D eigenvalue weighted by molar-refractivity contribution is -0.192. The Hall–Kier alpha value is -1.69. The number of carboxylic acids is 1. The molecule has 1 spiro atoms. The van der Waals surface area contributed by atoms with Crippen LogP contribution in [0.2, 0.25) is 0 Å². The lowest BCUT2D eigenvalue weighted by Crippen LogP contribution is -2.52. The fraction of sp³-hybridized carbons (Fsp3) is 0.684. The maximum atomic E-state index is 12.7. The highest BCUT2D eigenvalue weighted by Gasteiger charge is 2.40. The van der Waals surface area contributed by atoms with E-state index in [-0.39, 0.29) is 11.3 Å². The van der Waals surface area contributed by atoms with Crippen molar-refractivity contribution < 1.29 is 37.3 Å². The van der Waals surface area contributed by atoms with Crippen molar-refractivity contribution >= 4 is 23.2 Å². The van der Waals surface area contributed by atoms with Crippen LogP contribution in [0.25, 0.3) is 0 Å². The second-order valence-electron chi connectivity index (χ2n) is 7.43. The molecule has 2 fully saturated rings. The van der Waals surface area contributed by atoms with Gasteiger partial charge in [0.05, 0.1) is 24.7 Å². The summed E-state index contributed by atoms with van der Waals surface area (Å²) in [5, 5.41) is 9.09. The van der Waals surface area contributed by atoms with Gasteiger partial charge in [-0.2, -0.15) is 13.2 Å². The van der Waals surface area contributed by atoms with E-state index in [1.54, 1.807) is 7.11 Å². The molecule has 1 N–H and O–H groups in total. The van der Waals surface area contributed by atoms with E-state index in [0.29, 0.717) is 0 Å². The molecule has 1 aromatic rings. The molecule has 0 saturated carbocycles. The maximum Gasteiger partial charge on any atom is 0.490 e. The number of carbonyl (C=O) groups excluding carboxylic acids is 1. The molecule has 1 unspecified atom stereocenters. The van der Waals surface area contributed by atoms with E-state index in [4.69, 9.17) is 19.4 Å². The zero-order chi connectivity index (χ0) is 22.2. The molecule has 0 aliphatic carbocycles. The van der Waals surface area contributed by atoms with Gasteiger partial charge in [0.15, 0.2) is 0 Å². The van der Waals surface area contributed by atoms with E-state index in [2.05, 4.69) is 4.90 Å². The minimum absolute atomic E-state index is 0.0649. The van der Waals surface area contributed by atoms with Gasteiger partial charge >= 0.3 is 12.1 Å². The third kappa shape index (κ3) is 7.22. The number of carbonyl (C=O) groups is 2. The highest BCUT2D eigenvalue weighted by atomic mass is 32.1. The largest absolute Gasteiger partial charge is 0.490 e. The summed E-state index contributed by atoms with van der Waals surface area (Å²) < 4.78 is 42.9. The number of likely N-dealkylation sites (tertiary alicyclic amines) is 1. The molecule has 2 aliphatic rings. The smallest absolute Gasteiger partial charge is 0.475 e. The lowest BCUT2D eigenvalue weighted by Gasteiger charge is -2.43. The third-order valence-corrected chi connectivity index (χ3v) is 5.91. The first-order valence-corrected chi connectivity index (χ1v) is 10.5. The minimum atomic E-state index is -5.08. The minimum Gasteiger partial charge on any atom is -0.475 e. The summed E-state index contributed by atoms with van der Waals surface area (Å²) >= 11 is 1.53. The first-order valence-electron chi connectivity index (χ1n) is 9.59. The topological polar surface area (TPSA) is 79.3 Å². The molecule has 1 atom stereocenters. The van der Waals surface area contributed by atoms with Crippen molar-refractivity contribution in [1.29, 1.82) is 0 Å². The number of nitrogens with zero attached hydrogens (tertiary/aromatic N) is 2. The predicted molar refractivity (Wildman–Crippen MR) is 105 cm³/mol. The van der Waals surface area contributed by atoms with Crippen molar-refractivity contribution in [2.24, 2.45) is 5.41 Å². The summed E-state index contributed by atoms with van der Waals surface area (Å²) in [6, 6.07) is 3.86. The highest BCUT2D eigenvalue weighted by Crippen LogP contribution is 2.34. The first-order chi connectivity index (χ1) is 14.2. The van der Waals surface area contributed by atoms with Crippen LogP contribution in [0, 0.1) is 5.41 Å². The lowest BCUT2D eigenvalue weighted by atomic mass is 9.80. The molecular formula is C19H27F3N2O5S. The van der Waals surface area contributed by atoms with Crippen molar-refractivity contribution in [1.82, 2.24) is 9.80 Å². The number of ether oxygens (including phenoxy) is 2. The van der Waals surface area contributed by atoms with E-state index in [1.807, 2.05) is 22.4 Å². The Labute approximate surface area is 177 Å². The Kier molecular flexibility index (Phi) is 9.08. The van der Waals surface area contributed by atoms with Crippen molar-refractivity contribution in [2.75, 3.05) is 59.7 Å². The SMILES string of the molecule is COCCN1CCOCC2(CCCN(C(=O)c3cccs3)C2)C1.O=C(O)C(F)(F)F. The van der Waals surface area contributed by atoms with Gasteiger partial charge in [-0.05, 0) is 24.3 Å². The molecule has 11 heteroatoms. The van der Waals surface area contributed by atoms with Crippen LogP contribution < -0.4 is 0 Å². The highest BCUT2D eigenvalue weighted by molar-refractivity contribution is 7.12. The van der Waals surface area contributed by atoms with Gasteiger partial charge in [-0.15, -0.1) is 11.3 Å². The number of aliphatic carboxylic acids is 1. The molecule has 170 valence electrons. The van der Waals surface area contributed by atoms with Crippen LogP contribution in [-0.2, 0) is 14.3 Å². The Bertz CT molecular complexity index is 686. The summed E-state index contributed by atoms with van der Waals surface area (Å²) in [6.07, 6.45) is -2.90. The van der Waals surface area contributed by atoms with Crippen molar-refractivity contribution in [3.63, 3.8) is 0 Å². The molecule has 3 rings (SSSR count). The van der Waals surface area contributed by atoms with Crippen LogP contribution in [0.15, 0.2) is 17.5 Å². The average Bonchev–Trinajstić information content (AvgIpc) is 3.16. The monoisotopic (exact) mass is 452 g/mol. The summed E-state index contributed by atoms with van der Waals surface area (Å²) in [6.45, 7) is 6.79. The zero-order valence-corrected chi connectivity index (χ0v) is 17.6.